The molecule has 0 aliphatic heterocycles. The van der Waals surface area contributed by atoms with E-state index in [4.69, 9.17) is 16.9 Å². The van der Waals surface area contributed by atoms with Crippen molar-refractivity contribution in [2.45, 2.75) is 6.92 Å². The molecule has 0 bridgehead atoms. The predicted octanol–water partition coefficient (Wildman–Crippen LogP) is 2.85. The van der Waals surface area contributed by atoms with Crippen LogP contribution in [0.2, 0.25) is 0 Å². The average Bonchev–Trinajstić information content (AvgIpc) is 2.09. The lowest BCUT2D eigenvalue weighted by molar-refractivity contribution is 0.108. The van der Waals surface area contributed by atoms with Crippen LogP contribution in [0.3, 0.4) is 0 Å². The number of rotatable bonds is 1. The summed E-state index contributed by atoms with van der Waals surface area (Å²) in [5.74, 6) is 0. The highest BCUT2D eigenvalue weighted by atomic mass is 127. The molecule has 0 spiro atoms. The third kappa shape index (κ3) is 2.01. The Morgan fingerprint density at radius 2 is 2.23 bits per heavy atom. The maximum absolute atomic E-state index is 10.9. The van der Waals surface area contributed by atoms with Crippen LogP contribution >= 0.6 is 34.2 Å². The Kier molecular flexibility index (Phi) is 3.28. The summed E-state index contributed by atoms with van der Waals surface area (Å²) in [5, 5.41) is 8.21. The van der Waals surface area contributed by atoms with E-state index in [1.54, 1.807) is 19.1 Å². The van der Waals surface area contributed by atoms with Gasteiger partial charge in [-0.25, -0.2) is 0 Å². The molecule has 0 saturated heterocycles. The van der Waals surface area contributed by atoms with E-state index in [-0.39, 0.29) is 0 Å². The molecule has 0 aliphatic carbocycles. The molecule has 2 nitrogen and oxygen atoms in total. The summed E-state index contributed by atoms with van der Waals surface area (Å²) in [6.45, 7) is 1.78. The first-order valence-electron chi connectivity index (χ1n) is 3.47. The van der Waals surface area contributed by atoms with Gasteiger partial charge in [0.05, 0.1) is 5.56 Å². The SMILES string of the molecule is Cc1c(C(=O)Cl)ccc(C#N)c1I. The van der Waals surface area contributed by atoms with E-state index in [1.807, 2.05) is 28.7 Å². The summed E-state index contributed by atoms with van der Waals surface area (Å²) < 4.78 is 0.784. The fourth-order valence-electron chi connectivity index (χ4n) is 0.984. The fraction of sp³-hybridized carbons (Fsp3) is 0.111. The zero-order chi connectivity index (χ0) is 10.0. The number of hydrogen-bond acceptors (Lipinski definition) is 2. The summed E-state index contributed by atoms with van der Waals surface area (Å²) >= 11 is 7.38. The molecule has 0 N–H and O–H groups in total. The van der Waals surface area contributed by atoms with Gasteiger partial charge in [0.2, 0.25) is 0 Å². The first kappa shape index (κ1) is 10.5. The molecular formula is C9H5ClINO. The zero-order valence-corrected chi connectivity index (χ0v) is 9.68. The van der Waals surface area contributed by atoms with Gasteiger partial charge < -0.3 is 0 Å². The van der Waals surface area contributed by atoms with Crippen molar-refractivity contribution in [2.75, 3.05) is 0 Å². The molecule has 0 aliphatic rings. The van der Waals surface area contributed by atoms with Crippen LogP contribution in [0.25, 0.3) is 0 Å². The third-order valence-corrected chi connectivity index (χ3v) is 3.31. The number of carbonyl (C=O) groups is 1. The van der Waals surface area contributed by atoms with Gasteiger partial charge in [-0.15, -0.1) is 0 Å². The van der Waals surface area contributed by atoms with Crippen LogP contribution in [0, 0.1) is 21.8 Å². The molecule has 0 aromatic heterocycles. The Labute approximate surface area is 94.6 Å². The molecule has 0 radical (unpaired) electrons. The van der Waals surface area contributed by atoms with Crippen molar-refractivity contribution in [3.8, 4) is 6.07 Å². The highest BCUT2D eigenvalue weighted by Gasteiger charge is 2.11. The molecule has 1 aromatic carbocycles. The number of halogens is 2. The topological polar surface area (TPSA) is 40.9 Å². The highest BCUT2D eigenvalue weighted by molar-refractivity contribution is 14.1. The second-order valence-corrected chi connectivity index (χ2v) is 3.91. The Morgan fingerprint density at radius 3 is 2.69 bits per heavy atom. The van der Waals surface area contributed by atoms with Gasteiger partial charge in [-0.1, -0.05) is 0 Å². The van der Waals surface area contributed by atoms with E-state index in [0.717, 1.165) is 9.13 Å². The average molecular weight is 306 g/mol. The third-order valence-electron chi connectivity index (χ3n) is 1.72. The Bertz CT molecular complexity index is 409. The summed E-state index contributed by atoms with van der Waals surface area (Å²) in [6.07, 6.45) is 0. The molecule has 1 rings (SSSR count). The van der Waals surface area contributed by atoms with E-state index in [1.165, 1.54) is 0 Å². The van der Waals surface area contributed by atoms with Crippen molar-refractivity contribution in [1.82, 2.24) is 0 Å². The first-order chi connectivity index (χ1) is 6.07. The van der Waals surface area contributed by atoms with E-state index in [9.17, 15) is 4.79 Å². The normalized spacial score (nSPS) is 9.38. The fourth-order valence-corrected chi connectivity index (χ4v) is 1.78. The molecule has 0 saturated carbocycles. The molecule has 0 heterocycles. The van der Waals surface area contributed by atoms with Gasteiger partial charge in [-0.2, -0.15) is 5.26 Å². The molecule has 0 unspecified atom stereocenters. The second kappa shape index (κ2) is 4.07. The van der Waals surface area contributed by atoms with Crippen LogP contribution in [0.15, 0.2) is 12.1 Å². The van der Waals surface area contributed by atoms with Crippen LogP contribution in [0.1, 0.15) is 21.5 Å². The summed E-state index contributed by atoms with van der Waals surface area (Å²) in [6, 6.07) is 5.22. The monoisotopic (exact) mass is 305 g/mol. The molecule has 0 atom stereocenters. The minimum atomic E-state index is -0.486. The molecule has 1 aromatic rings. The van der Waals surface area contributed by atoms with E-state index < -0.39 is 5.24 Å². The smallest absolute Gasteiger partial charge is 0.252 e. The van der Waals surface area contributed by atoms with Crippen molar-refractivity contribution in [1.29, 1.82) is 5.26 Å². The van der Waals surface area contributed by atoms with Gasteiger partial charge >= 0.3 is 0 Å². The maximum Gasteiger partial charge on any atom is 0.252 e. The number of nitriles is 1. The van der Waals surface area contributed by atoms with Gasteiger partial charge in [0.25, 0.3) is 5.24 Å². The lowest BCUT2D eigenvalue weighted by atomic mass is 10.1. The van der Waals surface area contributed by atoms with Crippen LogP contribution < -0.4 is 0 Å². The van der Waals surface area contributed by atoms with Crippen molar-refractivity contribution >= 4 is 39.4 Å². The van der Waals surface area contributed by atoms with Gasteiger partial charge in [0.15, 0.2) is 0 Å². The summed E-state index contributed by atoms with van der Waals surface area (Å²) in [7, 11) is 0. The van der Waals surface area contributed by atoms with E-state index >= 15 is 0 Å². The Hall–Kier alpha value is -0.600. The molecule has 13 heavy (non-hydrogen) atoms. The number of benzene rings is 1. The van der Waals surface area contributed by atoms with Crippen molar-refractivity contribution < 1.29 is 4.79 Å². The van der Waals surface area contributed by atoms with Crippen molar-refractivity contribution in [2.24, 2.45) is 0 Å². The second-order valence-electron chi connectivity index (χ2n) is 2.49. The van der Waals surface area contributed by atoms with Gasteiger partial charge in [0, 0.05) is 9.13 Å². The van der Waals surface area contributed by atoms with E-state index in [0.29, 0.717) is 11.1 Å². The van der Waals surface area contributed by atoms with Gasteiger partial charge in [-0.05, 0) is 58.8 Å². The number of hydrogen-bond donors (Lipinski definition) is 0. The van der Waals surface area contributed by atoms with Crippen LogP contribution in [0.5, 0.6) is 0 Å². The molecule has 0 fully saturated rings. The summed E-state index contributed by atoms with van der Waals surface area (Å²) in [4.78, 5) is 10.9. The lowest BCUT2D eigenvalue weighted by Gasteiger charge is -2.03. The van der Waals surface area contributed by atoms with Gasteiger partial charge in [0.1, 0.15) is 6.07 Å². The largest absolute Gasteiger partial charge is 0.276 e. The standard InChI is InChI=1S/C9H5ClINO/c1-5-7(9(10)13)3-2-6(4-12)8(5)11/h2-3H,1H3. The maximum atomic E-state index is 10.9. The summed E-state index contributed by atoms with van der Waals surface area (Å²) in [5.41, 5.74) is 1.80. The van der Waals surface area contributed by atoms with Crippen LogP contribution in [-0.4, -0.2) is 5.24 Å². The van der Waals surface area contributed by atoms with Crippen molar-refractivity contribution in [3.05, 3.63) is 32.4 Å². The molecule has 4 heteroatoms. The minimum absolute atomic E-state index is 0.463. The van der Waals surface area contributed by atoms with Crippen molar-refractivity contribution in [3.63, 3.8) is 0 Å². The minimum Gasteiger partial charge on any atom is -0.276 e. The highest BCUT2D eigenvalue weighted by Crippen LogP contribution is 2.21. The zero-order valence-electron chi connectivity index (χ0n) is 6.77. The Morgan fingerprint density at radius 1 is 1.62 bits per heavy atom. The van der Waals surface area contributed by atoms with E-state index in [2.05, 4.69) is 0 Å². The first-order valence-corrected chi connectivity index (χ1v) is 4.92. The number of carbonyl (C=O) groups excluding carboxylic acids is 1. The molecule has 66 valence electrons. The predicted molar refractivity (Wildman–Crippen MR) is 58.8 cm³/mol. The van der Waals surface area contributed by atoms with Crippen LogP contribution in [-0.2, 0) is 0 Å². The van der Waals surface area contributed by atoms with Crippen LogP contribution in [0.4, 0.5) is 0 Å². The molecule has 0 amide bonds. The Balaban J connectivity index is 3.42. The van der Waals surface area contributed by atoms with Gasteiger partial charge in [-0.3, -0.25) is 4.79 Å². The quantitative estimate of drug-likeness (QED) is 0.591. The molecular weight excluding hydrogens is 300 g/mol. The number of nitrogens with zero attached hydrogens (tertiary/aromatic N) is 1. The lowest BCUT2D eigenvalue weighted by Crippen LogP contribution is -1.97.